The molecule has 5 nitrogen and oxygen atoms in total. The van der Waals surface area contributed by atoms with Gasteiger partial charge in [0.1, 0.15) is 5.75 Å². The third-order valence-electron chi connectivity index (χ3n) is 3.16. The van der Waals surface area contributed by atoms with Gasteiger partial charge in [0.2, 0.25) is 0 Å². The van der Waals surface area contributed by atoms with Gasteiger partial charge in [-0.05, 0) is 54.8 Å². The third-order valence-corrected chi connectivity index (χ3v) is 3.16. The molecule has 0 radical (unpaired) electrons. The molecule has 0 unspecified atom stereocenters. The molecule has 1 aromatic carbocycles. The highest BCUT2D eigenvalue weighted by Crippen LogP contribution is 2.23. The molecule has 2 aromatic rings. The van der Waals surface area contributed by atoms with E-state index in [-0.39, 0.29) is 11.7 Å². The van der Waals surface area contributed by atoms with E-state index < -0.39 is 6.36 Å². The van der Waals surface area contributed by atoms with E-state index in [9.17, 15) is 13.2 Å². The minimum Gasteiger partial charge on any atom is -0.406 e. The highest BCUT2D eigenvalue weighted by molar-refractivity contribution is 5.92. The van der Waals surface area contributed by atoms with E-state index in [0.29, 0.717) is 12.2 Å². The number of aliphatic imine (C=N–C) groups is 1. The number of hydrogen-bond acceptors (Lipinski definition) is 3. The van der Waals surface area contributed by atoms with Crippen LogP contribution in [0.5, 0.6) is 5.75 Å². The van der Waals surface area contributed by atoms with Gasteiger partial charge in [0, 0.05) is 24.6 Å². The molecular formula is C16H17F3N4O. The summed E-state index contributed by atoms with van der Waals surface area (Å²) in [5.41, 5.74) is 8.50. The number of guanidine groups is 1. The van der Waals surface area contributed by atoms with E-state index in [1.54, 1.807) is 12.4 Å². The largest absolute Gasteiger partial charge is 0.573 e. The average Bonchev–Trinajstić information content (AvgIpc) is 2.50. The number of aromatic nitrogens is 1. The minimum absolute atomic E-state index is 0.186. The van der Waals surface area contributed by atoms with E-state index in [1.807, 2.05) is 13.0 Å². The number of nitrogens with zero attached hydrogens (tertiary/aromatic N) is 2. The fourth-order valence-corrected chi connectivity index (χ4v) is 2.01. The van der Waals surface area contributed by atoms with Crippen LogP contribution in [0.4, 0.5) is 18.9 Å². The van der Waals surface area contributed by atoms with Gasteiger partial charge < -0.3 is 15.8 Å². The summed E-state index contributed by atoms with van der Waals surface area (Å²) >= 11 is 0. The number of anilines is 1. The first kappa shape index (κ1) is 17.6. The van der Waals surface area contributed by atoms with E-state index >= 15 is 0 Å². The van der Waals surface area contributed by atoms with Crippen LogP contribution in [-0.4, -0.2) is 23.9 Å². The number of benzene rings is 1. The highest BCUT2D eigenvalue weighted by Gasteiger charge is 2.30. The van der Waals surface area contributed by atoms with Gasteiger partial charge in [-0.15, -0.1) is 13.2 Å². The van der Waals surface area contributed by atoms with Crippen molar-refractivity contribution in [3.05, 3.63) is 53.9 Å². The van der Waals surface area contributed by atoms with E-state index in [2.05, 4.69) is 20.0 Å². The Bertz CT molecular complexity index is 699. The van der Waals surface area contributed by atoms with Crippen LogP contribution in [-0.2, 0) is 6.42 Å². The molecule has 0 bridgehead atoms. The summed E-state index contributed by atoms with van der Waals surface area (Å²) in [6, 6.07) is 7.17. The molecule has 0 spiro atoms. The van der Waals surface area contributed by atoms with Crippen molar-refractivity contribution in [2.45, 2.75) is 19.7 Å². The number of halogens is 3. The van der Waals surface area contributed by atoms with Crippen molar-refractivity contribution in [1.82, 2.24) is 4.98 Å². The van der Waals surface area contributed by atoms with E-state index in [1.165, 1.54) is 24.3 Å². The number of alkyl halides is 3. The summed E-state index contributed by atoms with van der Waals surface area (Å²) in [6.07, 6.45) is -0.487. The second-order valence-corrected chi connectivity index (χ2v) is 5.02. The Morgan fingerprint density at radius 1 is 1.25 bits per heavy atom. The van der Waals surface area contributed by atoms with Crippen molar-refractivity contribution in [1.29, 1.82) is 0 Å². The molecule has 0 saturated carbocycles. The lowest BCUT2D eigenvalue weighted by atomic mass is 10.1. The molecule has 8 heteroatoms. The smallest absolute Gasteiger partial charge is 0.406 e. The zero-order chi connectivity index (χ0) is 17.6. The maximum atomic E-state index is 12.1. The molecule has 1 heterocycles. The molecule has 0 aliphatic heterocycles. The van der Waals surface area contributed by atoms with Crippen LogP contribution in [0.1, 0.15) is 11.1 Å². The van der Waals surface area contributed by atoms with Crippen molar-refractivity contribution in [3.8, 4) is 5.75 Å². The zero-order valence-electron chi connectivity index (χ0n) is 13.0. The normalized spacial score (nSPS) is 12.1. The fraction of sp³-hybridized carbons (Fsp3) is 0.250. The molecule has 128 valence electrons. The Kier molecular flexibility index (Phi) is 5.62. The maximum Gasteiger partial charge on any atom is 0.573 e. The van der Waals surface area contributed by atoms with Crippen molar-refractivity contribution in [2.75, 3.05) is 11.9 Å². The molecular weight excluding hydrogens is 321 g/mol. The van der Waals surface area contributed by atoms with Gasteiger partial charge in [-0.25, -0.2) is 0 Å². The molecule has 0 saturated heterocycles. The summed E-state index contributed by atoms with van der Waals surface area (Å²) < 4.78 is 40.0. The number of aryl methyl sites for hydroxylation is 1. The lowest BCUT2D eigenvalue weighted by Crippen LogP contribution is -2.23. The number of hydrogen-bond donors (Lipinski definition) is 2. The van der Waals surface area contributed by atoms with Crippen LogP contribution >= 0.6 is 0 Å². The van der Waals surface area contributed by atoms with Crippen LogP contribution in [0.2, 0.25) is 0 Å². The van der Waals surface area contributed by atoms with Crippen molar-refractivity contribution >= 4 is 11.6 Å². The maximum absolute atomic E-state index is 12.1. The van der Waals surface area contributed by atoms with Crippen LogP contribution < -0.4 is 15.8 Å². The van der Waals surface area contributed by atoms with Gasteiger partial charge in [0.05, 0.1) is 0 Å². The first-order valence-corrected chi connectivity index (χ1v) is 7.16. The number of pyridine rings is 1. The lowest BCUT2D eigenvalue weighted by molar-refractivity contribution is -0.274. The van der Waals surface area contributed by atoms with Gasteiger partial charge in [-0.1, -0.05) is 0 Å². The first-order valence-electron chi connectivity index (χ1n) is 7.16. The average molecular weight is 338 g/mol. The molecule has 1 aromatic heterocycles. The molecule has 0 atom stereocenters. The van der Waals surface area contributed by atoms with Crippen molar-refractivity contribution in [2.24, 2.45) is 10.7 Å². The zero-order valence-corrected chi connectivity index (χ0v) is 13.0. The van der Waals surface area contributed by atoms with Gasteiger partial charge in [0.25, 0.3) is 0 Å². The topological polar surface area (TPSA) is 72.5 Å². The third kappa shape index (κ3) is 5.79. The van der Waals surface area contributed by atoms with Gasteiger partial charge >= 0.3 is 6.36 Å². The molecule has 2 rings (SSSR count). The van der Waals surface area contributed by atoms with E-state index in [0.717, 1.165) is 17.5 Å². The molecule has 0 aliphatic rings. The molecule has 0 amide bonds. The second-order valence-electron chi connectivity index (χ2n) is 5.02. The monoisotopic (exact) mass is 338 g/mol. The van der Waals surface area contributed by atoms with Crippen LogP contribution in [0, 0.1) is 6.92 Å². The molecule has 0 aliphatic carbocycles. The number of rotatable bonds is 5. The lowest BCUT2D eigenvalue weighted by Gasteiger charge is -2.10. The predicted molar refractivity (Wildman–Crippen MR) is 85.9 cm³/mol. The van der Waals surface area contributed by atoms with Gasteiger partial charge in [-0.3, -0.25) is 9.98 Å². The standard InChI is InChI=1S/C16H17F3N4O/c1-11-10-21-8-6-12(11)7-9-22-15(20)23-13-2-4-14(5-3-13)24-16(17,18)19/h2-6,8,10H,7,9H2,1H3,(H3,20,22,23). The van der Waals surface area contributed by atoms with Crippen LogP contribution in [0.3, 0.4) is 0 Å². The Morgan fingerprint density at radius 2 is 1.96 bits per heavy atom. The summed E-state index contributed by atoms with van der Waals surface area (Å²) in [5, 5.41) is 2.81. The SMILES string of the molecule is Cc1cnccc1CCN=C(N)Nc1ccc(OC(F)(F)F)cc1. The summed E-state index contributed by atoms with van der Waals surface area (Å²) in [5.74, 6) is -0.108. The Balaban J connectivity index is 1.87. The molecule has 24 heavy (non-hydrogen) atoms. The highest BCUT2D eigenvalue weighted by atomic mass is 19.4. The second kappa shape index (κ2) is 7.67. The number of nitrogens with two attached hydrogens (primary N) is 1. The Morgan fingerprint density at radius 3 is 2.58 bits per heavy atom. The quantitative estimate of drug-likeness (QED) is 0.648. The van der Waals surface area contributed by atoms with Crippen molar-refractivity contribution < 1.29 is 17.9 Å². The molecule has 0 fully saturated rings. The van der Waals surface area contributed by atoms with Crippen molar-refractivity contribution in [3.63, 3.8) is 0 Å². The summed E-state index contributed by atoms with van der Waals surface area (Å²) in [4.78, 5) is 8.21. The first-order chi connectivity index (χ1) is 11.3. The van der Waals surface area contributed by atoms with Gasteiger partial charge in [-0.2, -0.15) is 0 Å². The summed E-state index contributed by atoms with van der Waals surface area (Å²) in [7, 11) is 0. The number of nitrogens with one attached hydrogen (secondary N) is 1. The minimum atomic E-state index is -4.71. The fourth-order valence-electron chi connectivity index (χ4n) is 2.01. The Hall–Kier alpha value is -2.77. The van der Waals surface area contributed by atoms with Crippen LogP contribution in [0.15, 0.2) is 47.7 Å². The van der Waals surface area contributed by atoms with Gasteiger partial charge in [0.15, 0.2) is 5.96 Å². The predicted octanol–water partition coefficient (Wildman–Crippen LogP) is 3.26. The van der Waals surface area contributed by atoms with E-state index in [4.69, 9.17) is 5.73 Å². The Labute approximate surface area is 137 Å². The number of ether oxygens (including phenoxy) is 1. The summed E-state index contributed by atoms with van der Waals surface area (Å²) in [6.45, 7) is 2.46. The van der Waals surface area contributed by atoms with Crippen LogP contribution in [0.25, 0.3) is 0 Å². The molecule has 3 N–H and O–H groups in total.